The highest BCUT2D eigenvalue weighted by Gasteiger charge is 2.20. The van der Waals surface area contributed by atoms with Crippen molar-refractivity contribution in [2.24, 2.45) is 5.92 Å². The molecule has 0 aliphatic carbocycles. The zero-order valence-electron chi connectivity index (χ0n) is 22.5. The van der Waals surface area contributed by atoms with E-state index in [4.69, 9.17) is 28.7 Å². The molecular weight excluding hydrogens is 474 g/mol. The summed E-state index contributed by atoms with van der Waals surface area (Å²) in [6.07, 6.45) is 4.94. The van der Waals surface area contributed by atoms with E-state index in [1.165, 1.54) is 0 Å². The third-order valence-corrected chi connectivity index (χ3v) is 6.30. The Balaban J connectivity index is 1.41. The van der Waals surface area contributed by atoms with Crippen LogP contribution >= 0.6 is 0 Å². The standard InChI is InChI=1S/C28H39N3O6/c1-28(2,3)37-26(32)10-14-35-15-16-36-21-5-6-22-23(17-21)29-18-24-27(22)31(25(30-24)9-11-33-4)19-20-7-12-34-13-8-20/h5-6,17-18,20H,7-16,19H2,1-4H3. The van der Waals surface area contributed by atoms with Crippen molar-refractivity contribution in [3.8, 4) is 5.75 Å². The lowest BCUT2D eigenvalue weighted by Crippen LogP contribution is -2.24. The van der Waals surface area contributed by atoms with Gasteiger partial charge in [0.05, 0.1) is 43.5 Å². The number of esters is 1. The van der Waals surface area contributed by atoms with Gasteiger partial charge in [0, 0.05) is 44.7 Å². The molecule has 9 heteroatoms. The molecule has 0 atom stereocenters. The number of nitrogens with zero attached hydrogens (tertiary/aromatic N) is 3. The van der Waals surface area contributed by atoms with Gasteiger partial charge in [0.1, 0.15) is 29.3 Å². The number of rotatable bonds is 12. The molecule has 1 aliphatic heterocycles. The Kier molecular flexibility index (Phi) is 9.34. The quantitative estimate of drug-likeness (QED) is 0.261. The monoisotopic (exact) mass is 513 g/mol. The summed E-state index contributed by atoms with van der Waals surface area (Å²) in [7, 11) is 1.72. The van der Waals surface area contributed by atoms with Crippen LogP contribution in [0.1, 0.15) is 45.9 Å². The van der Waals surface area contributed by atoms with Gasteiger partial charge in [-0.3, -0.25) is 9.78 Å². The predicted molar refractivity (Wildman–Crippen MR) is 141 cm³/mol. The average Bonchev–Trinajstić information content (AvgIpc) is 3.21. The summed E-state index contributed by atoms with van der Waals surface area (Å²) in [6.45, 7) is 9.79. The van der Waals surface area contributed by atoms with Crippen LogP contribution in [-0.2, 0) is 36.7 Å². The van der Waals surface area contributed by atoms with E-state index in [9.17, 15) is 4.79 Å². The number of hydrogen-bond acceptors (Lipinski definition) is 8. The third kappa shape index (κ3) is 7.63. The van der Waals surface area contributed by atoms with Crippen LogP contribution in [-0.4, -0.2) is 72.9 Å². The molecule has 4 rings (SSSR count). The predicted octanol–water partition coefficient (Wildman–Crippen LogP) is 4.33. The molecule has 1 aliphatic rings. The Labute approximate surface area is 218 Å². The summed E-state index contributed by atoms with van der Waals surface area (Å²) in [6, 6.07) is 5.98. The maximum atomic E-state index is 11.8. The van der Waals surface area contributed by atoms with Crippen LogP contribution in [0.15, 0.2) is 24.4 Å². The van der Waals surface area contributed by atoms with Crippen LogP contribution in [0.3, 0.4) is 0 Å². The molecule has 1 fully saturated rings. The van der Waals surface area contributed by atoms with Crippen molar-refractivity contribution < 1.29 is 28.5 Å². The molecule has 0 N–H and O–H groups in total. The SMILES string of the molecule is COCCc1nc2cnc3cc(OCCOCCC(=O)OC(C)(C)C)ccc3c2n1CC1CCOCC1. The number of fused-ring (bicyclic) bond motifs is 3. The fourth-order valence-corrected chi connectivity index (χ4v) is 4.57. The van der Waals surface area contributed by atoms with Crippen LogP contribution in [0.4, 0.5) is 0 Å². The minimum atomic E-state index is -0.482. The Morgan fingerprint density at radius 2 is 1.92 bits per heavy atom. The molecule has 1 aromatic carbocycles. The number of carbonyl (C=O) groups excluding carboxylic acids is 1. The molecular formula is C28H39N3O6. The maximum absolute atomic E-state index is 11.8. The highest BCUT2D eigenvalue weighted by atomic mass is 16.6. The van der Waals surface area contributed by atoms with Gasteiger partial charge < -0.3 is 28.3 Å². The first-order chi connectivity index (χ1) is 17.8. The zero-order valence-corrected chi connectivity index (χ0v) is 22.5. The number of hydrogen-bond donors (Lipinski definition) is 0. The van der Waals surface area contributed by atoms with Crippen molar-refractivity contribution in [1.29, 1.82) is 0 Å². The van der Waals surface area contributed by atoms with E-state index < -0.39 is 5.60 Å². The van der Waals surface area contributed by atoms with Crippen molar-refractivity contribution in [2.45, 2.75) is 58.6 Å². The van der Waals surface area contributed by atoms with Crippen molar-refractivity contribution in [1.82, 2.24) is 14.5 Å². The number of methoxy groups -OCH3 is 1. The number of carbonyl (C=O) groups is 1. The highest BCUT2D eigenvalue weighted by Crippen LogP contribution is 2.30. The van der Waals surface area contributed by atoms with Crippen LogP contribution in [0.5, 0.6) is 5.75 Å². The second kappa shape index (κ2) is 12.7. The first-order valence-electron chi connectivity index (χ1n) is 13.1. The molecule has 0 bridgehead atoms. The first kappa shape index (κ1) is 27.3. The fraction of sp³-hybridized carbons (Fsp3) is 0.607. The molecule has 202 valence electrons. The number of imidazole rings is 1. The van der Waals surface area contributed by atoms with Crippen molar-refractivity contribution in [3.05, 3.63) is 30.2 Å². The molecule has 2 aromatic heterocycles. The summed E-state index contributed by atoms with van der Waals surface area (Å²) < 4.78 is 30.0. The van der Waals surface area contributed by atoms with E-state index >= 15 is 0 Å². The lowest BCUT2D eigenvalue weighted by molar-refractivity contribution is -0.156. The molecule has 9 nitrogen and oxygen atoms in total. The minimum absolute atomic E-state index is 0.223. The van der Waals surface area contributed by atoms with Crippen LogP contribution < -0.4 is 4.74 Å². The van der Waals surface area contributed by atoms with E-state index in [1.54, 1.807) is 7.11 Å². The molecule has 3 heterocycles. The van der Waals surface area contributed by atoms with Gasteiger partial charge in [0.2, 0.25) is 0 Å². The van der Waals surface area contributed by atoms with Gasteiger partial charge in [0.15, 0.2) is 0 Å². The second-order valence-corrected chi connectivity index (χ2v) is 10.4. The lowest BCUT2D eigenvalue weighted by Gasteiger charge is -2.23. The van der Waals surface area contributed by atoms with Crippen molar-refractivity contribution >= 4 is 27.9 Å². The Morgan fingerprint density at radius 1 is 1.11 bits per heavy atom. The minimum Gasteiger partial charge on any atom is -0.491 e. The van der Waals surface area contributed by atoms with Crippen molar-refractivity contribution in [2.75, 3.05) is 46.8 Å². The lowest BCUT2D eigenvalue weighted by atomic mass is 10.00. The van der Waals surface area contributed by atoms with Gasteiger partial charge in [-0.1, -0.05) is 0 Å². The van der Waals surface area contributed by atoms with Gasteiger partial charge in [0.25, 0.3) is 0 Å². The molecule has 0 saturated carbocycles. The van der Waals surface area contributed by atoms with Gasteiger partial charge in [-0.15, -0.1) is 0 Å². The number of pyridine rings is 1. The number of benzene rings is 1. The van der Waals surface area contributed by atoms with Gasteiger partial charge in [-0.2, -0.15) is 0 Å². The van der Waals surface area contributed by atoms with Crippen molar-refractivity contribution in [3.63, 3.8) is 0 Å². The van der Waals surface area contributed by atoms with Crippen LogP contribution in [0.25, 0.3) is 21.9 Å². The molecule has 0 spiro atoms. The largest absolute Gasteiger partial charge is 0.491 e. The summed E-state index contributed by atoms with van der Waals surface area (Å²) in [4.78, 5) is 21.3. The highest BCUT2D eigenvalue weighted by molar-refractivity contribution is 6.02. The average molecular weight is 514 g/mol. The van der Waals surface area contributed by atoms with Gasteiger partial charge in [-0.25, -0.2) is 4.98 Å². The third-order valence-electron chi connectivity index (χ3n) is 6.30. The molecule has 0 unspecified atom stereocenters. The van der Waals surface area contributed by atoms with Gasteiger partial charge >= 0.3 is 5.97 Å². The summed E-state index contributed by atoms with van der Waals surface area (Å²) >= 11 is 0. The van der Waals surface area contributed by atoms with Gasteiger partial charge in [-0.05, 0) is 51.7 Å². The second-order valence-electron chi connectivity index (χ2n) is 10.4. The maximum Gasteiger partial charge on any atom is 0.308 e. The molecule has 0 amide bonds. The molecule has 1 saturated heterocycles. The first-order valence-corrected chi connectivity index (χ1v) is 13.1. The zero-order chi connectivity index (χ0) is 26.3. The van der Waals surface area contributed by atoms with Crippen LogP contribution in [0.2, 0.25) is 0 Å². The fourth-order valence-electron chi connectivity index (χ4n) is 4.57. The van der Waals surface area contributed by atoms with E-state index in [1.807, 2.05) is 39.1 Å². The summed E-state index contributed by atoms with van der Waals surface area (Å²) in [5, 5.41) is 1.06. The van der Waals surface area contributed by atoms with E-state index in [0.29, 0.717) is 32.3 Å². The van der Waals surface area contributed by atoms with Crippen LogP contribution in [0, 0.1) is 5.92 Å². The van der Waals surface area contributed by atoms with E-state index in [-0.39, 0.29) is 12.4 Å². The molecule has 37 heavy (non-hydrogen) atoms. The number of ether oxygens (including phenoxy) is 5. The normalized spacial score (nSPS) is 14.9. The Bertz CT molecular complexity index is 1180. The summed E-state index contributed by atoms with van der Waals surface area (Å²) in [5.74, 6) is 2.06. The summed E-state index contributed by atoms with van der Waals surface area (Å²) in [5.41, 5.74) is 2.39. The van der Waals surface area contributed by atoms with E-state index in [2.05, 4.69) is 15.6 Å². The topological polar surface area (TPSA) is 93.9 Å². The Morgan fingerprint density at radius 3 is 2.68 bits per heavy atom. The van der Waals surface area contributed by atoms with E-state index in [0.717, 1.165) is 72.5 Å². The smallest absolute Gasteiger partial charge is 0.308 e. The molecule has 3 aromatic rings. The number of aromatic nitrogens is 3. The Hall–Kier alpha value is -2.75. The molecule has 0 radical (unpaired) electrons.